The predicted molar refractivity (Wildman–Crippen MR) is 123 cm³/mol. The molecule has 2 heterocycles. The number of carbonyl (C=O) groups excluding carboxylic acids is 1. The second-order valence-corrected chi connectivity index (χ2v) is 14.9. The lowest BCUT2D eigenvalue weighted by molar-refractivity contribution is -0.130. The Morgan fingerprint density at radius 3 is 2.47 bits per heavy atom. The number of ketones is 1. The molecular formula is C24H33N3O2Si. The van der Waals surface area contributed by atoms with Crippen LogP contribution in [0.4, 0.5) is 0 Å². The van der Waals surface area contributed by atoms with E-state index in [1.54, 1.807) is 0 Å². The first-order valence-corrected chi connectivity index (χ1v) is 13.8. The summed E-state index contributed by atoms with van der Waals surface area (Å²) in [6, 6.07) is 9.79. The topological polar surface area (TPSA) is 56.5 Å². The summed E-state index contributed by atoms with van der Waals surface area (Å²) in [6.07, 6.45) is 1.10. The maximum atomic E-state index is 13.8. The number of fused-ring (bicyclic) bond motifs is 3. The van der Waals surface area contributed by atoms with Gasteiger partial charge in [0.15, 0.2) is 14.1 Å². The number of aryl methyl sites for hydroxylation is 1. The Morgan fingerprint density at radius 2 is 1.83 bits per heavy atom. The molecule has 3 atom stereocenters. The minimum absolute atomic E-state index is 0.0241. The van der Waals surface area contributed by atoms with Crippen LogP contribution in [0, 0.1) is 12.8 Å². The molecule has 0 amide bonds. The number of imidazole rings is 1. The maximum absolute atomic E-state index is 13.8. The number of aliphatic imine (C=N–C) groups is 1. The van der Waals surface area contributed by atoms with E-state index < -0.39 is 14.4 Å². The van der Waals surface area contributed by atoms with Crippen molar-refractivity contribution in [2.75, 3.05) is 0 Å². The summed E-state index contributed by atoms with van der Waals surface area (Å²) in [5.41, 5.74) is 3.98. The lowest BCUT2D eigenvalue weighted by Gasteiger charge is -2.43. The first kappa shape index (κ1) is 21.2. The molecule has 0 saturated heterocycles. The van der Waals surface area contributed by atoms with Crippen LogP contribution in [0.2, 0.25) is 18.1 Å². The molecule has 0 bridgehead atoms. The van der Waals surface area contributed by atoms with Gasteiger partial charge >= 0.3 is 0 Å². The Kier molecular flexibility index (Phi) is 5.14. The first-order chi connectivity index (χ1) is 14.0. The molecule has 0 radical (unpaired) electrons. The Hall–Kier alpha value is -2.05. The highest BCUT2D eigenvalue weighted by Gasteiger charge is 2.49. The maximum Gasteiger partial charge on any atom is 0.193 e. The highest BCUT2D eigenvalue weighted by molar-refractivity contribution is 6.74. The second kappa shape index (κ2) is 7.27. The fraction of sp³-hybridized carbons (Fsp3) is 0.542. The Labute approximate surface area is 180 Å². The van der Waals surface area contributed by atoms with Gasteiger partial charge in [-0.25, -0.2) is 4.98 Å². The molecule has 0 N–H and O–H groups in total. The molecular weight excluding hydrogens is 390 g/mol. The molecule has 5 nitrogen and oxygen atoms in total. The zero-order valence-electron chi connectivity index (χ0n) is 19.2. The van der Waals surface area contributed by atoms with Crippen molar-refractivity contribution in [3.05, 3.63) is 53.1 Å². The normalized spacial score (nSPS) is 24.3. The largest absolute Gasteiger partial charge is 0.404 e. The molecule has 1 aromatic heterocycles. The zero-order valence-corrected chi connectivity index (χ0v) is 20.2. The molecule has 1 aliphatic heterocycles. The molecule has 1 unspecified atom stereocenters. The quantitative estimate of drug-likeness (QED) is 0.667. The van der Waals surface area contributed by atoms with Gasteiger partial charge < -0.3 is 8.99 Å². The van der Waals surface area contributed by atoms with Crippen molar-refractivity contribution < 1.29 is 9.22 Å². The standard InChI is InChI=1S/C24H33N3O2Si/c1-15-25-21-18(27(15)5)14-13-17-20(21)26-19(16-11-9-8-10-12-16)23(22(17)28)29-30(6,7)24(2,3)4/h8-12,17,19,23H,13-14H2,1-7H3/t17?,19-,23-/m1/s1. The van der Waals surface area contributed by atoms with E-state index in [0.29, 0.717) is 0 Å². The van der Waals surface area contributed by atoms with E-state index >= 15 is 0 Å². The van der Waals surface area contributed by atoms with Crippen LogP contribution >= 0.6 is 0 Å². The average Bonchev–Trinajstić information content (AvgIpc) is 2.98. The number of Topliss-reactive ketones (excluding diaryl/α,β-unsaturated/α-hetero) is 1. The van der Waals surface area contributed by atoms with Crippen molar-refractivity contribution in [3.8, 4) is 0 Å². The van der Waals surface area contributed by atoms with Crippen molar-refractivity contribution in [3.63, 3.8) is 0 Å². The fourth-order valence-electron chi connectivity index (χ4n) is 4.25. The van der Waals surface area contributed by atoms with E-state index in [1.807, 2.05) is 32.2 Å². The summed E-state index contributed by atoms with van der Waals surface area (Å²) in [6.45, 7) is 13.1. The minimum Gasteiger partial charge on any atom is -0.404 e. The van der Waals surface area contributed by atoms with Crippen molar-refractivity contribution in [2.45, 2.75) is 70.8 Å². The Bertz CT molecular complexity index is 1000. The van der Waals surface area contributed by atoms with Crippen LogP contribution in [0.3, 0.4) is 0 Å². The van der Waals surface area contributed by atoms with Crippen LogP contribution in [0.1, 0.15) is 56.0 Å². The third kappa shape index (κ3) is 3.40. The van der Waals surface area contributed by atoms with Crippen molar-refractivity contribution in [1.82, 2.24) is 9.55 Å². The Morgan fingerprint density at radius 1 is 1.17 bits per heavy atom. The summed E-state index contributed by atoms with van der Waals surface area (Å²) in [7, 11) is -0.105. The van der Waals surface area contributed by atoms with Crippen molar-refractivity contribution in [1.29, 1.82) is 0 Å². The van der Waals surface area contributed by atoms with Crippen LogP contribution in [0.25, 0.3) is 0 Å². The first-order valence-electron chi connectivity index (χ1n) is 10.9. The summed E-state index contributed by atoms with van der Waals surface area (Å²) in [4.78, 5) is 23.8. The van der Waals surface area contributed by atoms with E-state index in [9.17, 15) is 4.79 Å². The number of aromatic nitrogens is 2. The highest BCUT2D eigenvalue weighted by atomic mass is 28.4. The van der Waals surface area contributed by atoms with Crippen LogP contribution in [0.15, 0.2) is 35.3 Å². The van der Waals surface area contributed by atoms with Gasteiger partial charge in [0.05, 0.1) is 11.6 Å². The summed E-state index contributed by atoms with van der Waals surface area (Å²) in [5, 5.41) is 0.0241. The molecule has 0 saturated carbocycles. The van der Waals surface area contributed by atoms with Gasteiger partial charge in [0.25, 0.3) is 0 Å². The van der Waals surface area contributed by atoms with Gasteiger partial charge in [0.1, 0.15) is 23.7 Å². The summed E-state index contributed by atoms with van der Waals surface area (Å²) < 4.78 is 8.88. The van der Waals surface area contributed by atoms with Gasteiger partial charge in [0, 0.05) is 12.7 Å². The fourth-order valence-corrected chi connectivity index (χ4v) is 5.48. The van der Waals surface area contributed by atoms with E-state index in [2.05, 4.69) is 50.6 Å². The molecule has 30 heavy (non-hydrogen) atoms. The van der Waals surface area contributed by atoms with Gasteiger partial charge in [-0.1, -0.05) is 51.1 Å². The molecule has 160 valence electrons. The third-order valence-corrected chi connectivity index (χ3v) is 11.7. The van der Waals surface area contributed by atoms with Gasteiger partial charge in [-0.2, -0.15) is 0 Å². The smallest absolute Gasteiger partial charge is 0.193 e. The molecule has 4 rings (SSSR count). The lowest BCUT2D eigenvalue weighted by Crippen LogP contribution is -2.52. The molecule has 6 heteroatoms. The molecule has 2 aliphatic rings. The monoisotopic (exact) mass is 423 g/mol. The van der Waals surface area contributed by atoms with Crippen molar-refractivity contribution >= 4 is 19.8 Å². The zero-order chi connectivity index (χ0) is 21.8. The average molecular weight is 424 g/mol. The number of hydrogen-bond acceptors (Lipinski definition) is 4. The Balaban J connectivity index is 1.84. The van der Waals surface area contributed by atoms with Crippen LogP contribution in [-0.4, -0.2) is 35.5 Å². The number of rotatable bonds is 3. The van der Waals surface area contributed by atoms with Crippen molar-refractivity contribution in [2.24, 2.45) is 18.0 Å². The molecule has 0 spiro atoms. The number of carbonyl (C=O) groups is 1. The van der Waals surface area contributed by atoms with E-state index in [0.717, 1.165) is 35.6 Å². The van der Waals surface area contributed by atoms with E-state index in [-0.39, 0.29) is 22.8 Å². The van der Waals surface area contributed by atoms with E-state index in [1.165, 1.54) is 5.69 Å². The molecule has 0 fully saturated rings. The van der Waals surface area contributed by atoms with E-state index in [4.69, 9.17) is 14.4 Å². The van der Waals surface area contributed by atoms with Crippen LogP contribution < -0.4 is 0 Å². The SMILES string of the molecule is Cc1nc2c(n1C)CCC1C(=O)[C@H](O[Si](C)(C)C(C)(C)C)[C@@H](c3ccccc3)N=C21. The van der Waals surface area contributed by atoms with Gasteiger partial charge in [-0.05, 0) is 43.5 Å². The summed E-state index contributed by atoms with van der Waals surface area (Å²) in [5.74, 6) is 0.917. The molecule has 1 aliphatic carbocycles. The lowest BCUT2D eigenvalue weighted by atomic mass is 9.78. The van der Waals surface area contributed by atoms with Gasteiger partial charge in [0.2, 0.25) is 0 Å². The highest BCUT2D eigenvalue weighted by Crippen LogP contribution is 2.43. The second-order valence-electron chi connectivity index (χ2n) is 10.2. The number of nitrogens with zero attached hydrogens (tertiary/aromatic N) is 3. The van der Waals surface area contributed by atoms with Crippen LogP contribution in [0.5, 0.6) is 0 Å². The molecule has 2 aromatic rings. The van der Waals surface area contributed by atoms with Gasteiger partial charge in [-0.3, -0.25) is 9.79 Å². The third-order valence-electron chi connectivity index (χ3n) is 7.24. The number of hydrogen-bond donors (Lipinski definition) is 0. The molecule has 1 aromatic carbocycles. The summed E-state index contributed by atoms with van der Waals surface area (Å²) >= 11 is 0. The van der Waals surface area contributed by atoms with Gasteiger partial charge in [-0.15, -0.1) is 0 Å². The van der Waals surface area contributed by atoms with Crippen LogP contribution in [-0.2, 0) is 22.7 Å². The predicted octanol–water partition coefficient (Wildman–Crippen LogP) is 4.79. The number of benzene rings is 1. The minimum atomic E-state index is -2.15.